The van der Waals surface area contributed by atoms with Crippen LogP contribution in [0.4, 0.5) is 0 Å². The molecule has 2 aliphatic rings. The van der Waals surface area contributed by atoms with Crippen LogP contribution in [0.3, 0.4) is 0 Å². The summed E-state index contributed by atoms with van der Waals surface area (Å²) >= 11 is 0. The highest BCUT2D eigenvalue weighted by Crippen LogP contribution is 2.19. The molecule has 2 aromatic rings. The van der Waals surface area contributed by atoms with E-state index in [0.717, 1.165) is 25.9 Å². The van der Waals surface area contributed by atoms with Gasteiger partial charge in [0.2, 0.25) is 11.8 Å². The molecule has 0 radical (unpaired) electrons. The lowest BCUT2D eigenvalue weighted by molar-refractivity contribution is -0.125. The molecule has 1 fully saturated rings. The maximum absolute atomic E-state index is 12.6. The van der Waals surface area contributed by atoms with Gasteiger partial charge in [-0.15, -0.1) is 0 Å². The van der Waals surface area contributed by atoms with Crippen molar-refractivity contribution in [3.63, 3.8) is 0 Å². The summed E-state index contributed by atoms with van der Waals surface area (Å²) in [5.41, 5.74) is 2.70. The van der Waals surface area contributed by atoms with Crippen molar-refractivity contribution in [2.45, 2.75) is 31.5 Å². The zero-order chi connectivity index (χ0) is 18.5. The number of nitrogens with one attached hydrogen (secondary N) is 1. The Kier molecular flexibility index (Phi) is 5.65. The molecular formula is C21H25N3O3. The number of amides is 1. The number of pyridine rings is 1. The summed E-state index contributed by atoms with van der Waals surface area (Å²) in [6.45, 7) is 3.21. The third-order valence-electron chi connectivity index (χ3n) is 5.13. The number of rotatable bonds is 5. The Morgan fingerprint density at radius 2 is 2.07 bits per heavy atom. The molecule has 4 rings (SSSR count). The SMILES string of the molecule is O=C(CN1CCc2ccccc2C1)N[C@@H]1COCC[C@H]1Oc1ccccn1. The molecule has 0 spiro atoms. The molecule has 2 aliphatic heterocycles. The summed E-state index contributed by atoms with van der Waals surface area (Å²) in [6.07, 6.45) is 3.30. The lowest BCUT2D eigenvalue weighted by Crippen LogP contribution is -2.54. The van der Waals surface area contributed by atoms with Crippen LogP contribution >= 0.6 is 0 Å². The van der Waals surface area contributed by atoms with Gasteiger partial charge in [-0.05, 0) is 23.6 Å². The quantitative estimate of drug-likeness (QED) is 0.873. The Bertz CT molecular complexity index is 768. The maximum Gasteiger partial charge on any atom is 0.234 e. The van der Waals surface area contributed by atoms with E-state index in [4.69, 9.17) is 9.47 Å². The van der Waals surface area contributed by atoms with Crippen molar-refractivity contribution in [1.29, 1.82) is 0 Å². The first-order valence-electron chi connectivity index (χ1n) is 9.52. The maximum atomic E-state index is 12.6. The van der Waals surface area contributed by atoms with Crippen LogP contribution in [0, 0.1) is 0 Å². The molecule has 142 valence electrons. The fourth-order valence-corrected chi connectivity index (χ4v) is 3.71. The van der Waals surface area contributed by atoms with Crippen LogP contribution in [0.25, 0.3) is 0 Å². The summed E-state index contributed by atoms with van der Waals surface area (Å²) in [7, 11) is 0. The molecule has 0 aliphatic carbocycles. The molecule has 6 heteroatoms. The van der Waals surface area contributed by atoms with Crippen LogP contribution < -0.4 is 10.1 Å². The fraction of sp³-hybridized carbons (Fsp3) is 0.429. The van der Waals surface area contributed by atoms with Gasteiger partial charge in [0.15, 0.2) is 0 Å². The summed E-state index contributed by atoms with van der Waals surface area (Å²) in [5, 5.41) is 3.10. The van der Waals surface area contributed by atoms with Crippen LogP contribution in [-0.2, 0) is 22.5 Å². The summed E-state index contributed by atoms with van der Waals surface area (Å²) in [5.74, 6) is 0.593. The van der Waals surface area contributed by atoms with E-state index < -0.39 is 0 Å². The van der Waals surface area contributed by atoms with E-state index in [0.29, 0.717) is 25.6 Å². The minimum absolute atomic E-state index is 0.0134. The highest BCUT2D eigenvalue weighted by molar-refractivity contribution is 5.78. The molecule has 3 heterocycles. The van der Waals surface area contributed by atoms with Crippen LogP contribution in [0.15, 0.2) is 48.7 Å². The number of ether oxygens (including phenoxy) is 2. The number of hydrogen-bond donors (Lipinski definition) is 1. The van der Waals surface area contributed by atoms with Gasteiger partial charge in [0.25, 0.3) is 0 Å². The summed E-state index contributed by atoms with van der Waals surface area (Å²) in [4.78, 5) is 19.0. The smallest absolute Gasteiger partial charge is 0.234 e. The molecule has 0 saturated carbocycles. The van der Waals surface area contributed by atoms with Gasteiger partial charge in [0, 0.05) is 31.8 Å². The standard InChI is InChI=1S/C21H25N3O3/c25-20(14-24-11-8-16-5-1-2-6-17(16)13-24)23-18-15-26-12-9-19(18)27-21-7-3-4-10-22-21/h1-7,10,18-19H,8-9,11-15H2,(H,23,25)/t18-,19-/m1/s1. The van der Waals surface area contributed by atoms with Crippen molar-refractivity contribution < 1.29 is 14.3 Å². The number of nitrogens with zero attached hydrogens (tertiary/aromatic N) is 2. The third kappa shape index (κ3) is 4.64. The molecule has 1 aromatic heterocycles. The predicted molar refractivity (Wildman–Crippen MR) is 101 cm³/mol. The normalized spacial score (nSPS) is 22.7. The van der Waals surface area contributed by atoms with E-state index in [1.807, 2.05) is 18.2 Å². The zero-order valence-corrected chi connectivity index (χ0v) is 15.3. The molecule has 1 N–H and O–H groups in total. The second kappa shape index (κ2) is 8.50. The molecule has 0 unspecified atom stereocenters. The van der Waals surface area contributed by atoms with Gasteiger partial charge in [-0.1, -0.05) is 30.3 Å². The largest absolute Gasteiger partial charge is 0.472 e. The van der Waals surface area contributed by atoms with Gasteiger partial charge in [-0.2, -0.15) is 0 Å². The minimum atomic E-state index is -0.162. The Morgan fingerprint density at radius 3 is 2.93 bits per heavy atom. The van der Waals surface area contributed by atoms with E-state index >= 15 is 0 Å². The number of carbonyl (C=O) groups excluding carboxylic acids is 1. The lowest BCUT2D eigenvalue weighted by atomic mass is 10.00. The van der Waals surface area contributed by atoms with Crippen molar-refractivity contribution in [2.24, 2.45) is 0 Å². The zero-order valence-electron chi connectivity index (χ0n) is 15.3. The van der Waals surface area contributed by atoms with E-state index in [1.54, 1.807) is 6.20 Å². The third-order valence-corrected chi connectivity index (χ3v) is 5.13. The van der Waals surface area contributed by atoms with E-state index in [9.17, 15) is 4.79 Å². The van der Waals surface area contributed by atoms with Gasteiger partial charge >= 0.3 is 0 Å². The predicted octanol–water partition coefficient (Wildman–Crippen LogP) is 1.79. The second-order valence-corrected chi connectivity index (χ2v) is 7.09. The number of benzene rings is 1. The van der Waals surface area contributed by atoms with Gasteiger partial charge in [0.1, 0.15) is 6.10 Å². The first-order valence-corrected chi connectivity index (χ1v) is 9.52. The monoisotopic (exact) mass is 367 g/mol. The van der Waals surface area contributed by atoms with Gasteiger partial charge in [-0.3, -0.25) is 9.69 Å². The average Bonchev–Trinajstić information content (AvgIpc) is 2.70. The Labute approximate surface area is 159 Å². The molecule has 27 heavy (non-hydrogen) atoms. The lowest BCUT2D eigenvalue weighted by Gasteiger charge is -2.33. The number of carbonyl (C=O) groups is 1. The van der Waals surface area contributed by atoms with Crippen LogP contribution in [0.2, 0.25) is 0 Å². The first kappa shape index (κ1) is 17.9. The van der Waals surface area contributed by atoms with Crippen LogP contribution in [0.5, 0.6) is 5.88 Å². The highest BCUT2D eigenvalue weighted by Gasteiger charge is 2.30. The summed E-state index contributed by atoms with van der Waals surface area (Å²) < 4.78 is 11.5. The minimum Gasteiger partial charge on any atom is -0.472 e. The Balaban J connectivity index is 1.32. The van der Waals surface area contributed by atoms with E-state index in [-0.39, 0.29) is 18.1 Å². The molecule has 1 saturated heterocycles. The van der Waals surface area contributed by atoms with Crippen molar-refractivity contribution in [2.75, 3.05) is 26.3 Å². The second-order valence-electron chi connectivity index (χ2n) is 7.09. The summed E-state index contributed by atoms with van der Waals surface area (Å²) in [6, 6.07) is 13.9. The average molecular weight is 367 g/mol. The topological polar surface area (TPSA) is 63.7 Å². The van der Waals surface area contributed by atoms with Gasteiger partial charge < -0.3 is 14.8 Å². The van der Waals surface area contributed by atoms with Crippen molar-refractivity contribution in [3.05, 3.63) is 59.8 Å². The molecule has 2 atom stereocenters. The molecule has 0 bridgehead atoms. The van der Waals surface area contributed by atoms with Crippen molar-refractivity contribution in [1.82, 2.24) is 15.2 Å². The molecule has 1 amide bonds. The highest BCUT2D eigenvalue weighted by atomic mass is 16.5. The van der Waals surface area contributed by atoms with Crippen LogP contribution in [0.1, 0.15) is 17.5 Å². The number of hydrogen-bond acceptors (Lipinski definition) is 5. The van der Waals surface area contributed by atoms with E-state index in [2.05, 4.69) is 39.5 Å². The van der Waals surface area contributed by atoms with E-state index in [1.165, 1.54) is 11.1 Å². The van der Waals surface area contributed by atoms with Crippen molar-refractivity contribution >= 4 is 5.91 Å². The first-order chi connectivity index (χ1) is 13.3. The van der Waals surface area contributed by atoms with Gasteiger partial charge in [-0.25, -0.2) is 4.98 Å². The fourth-order valence-electron chi connectivity index (χ4n) is 3.71. The number of aromatic nitrogens is 1. The van der Waals surface area contributed by atoms with Gasteiger partial charge in [0.05, 0.1) is 25.8 Å². The Hall–Kier alpha value is -2.44. The molecular weight excluding hydrogens is 342 g/mol. The molecule has 6 nitrogen and oxygen atoms in total. The molecule has 1 aromatic carbocycles. The Morgan fingerprint density at radius 1 is 1.22 bits per heavy atom. The van der Waals surface area contributed by atoms with Crippen LogP contribution in [-0.4, -0.2) is 54.2 Å². The van der Waals surface area contributed by atoms with Crippen molar-refractivity contribution in [3.8, 4) is 5.88 Å². The number of fused-ring (bicyclic) bond motifs is 1.